The standard InChI is InChI=1S/C18H12Cl2N4O3S/c19-12-7-13(20)9-14(8-12)21-17(25)10-28-18-6-5-16(22-23-18)11-1-3-15(4-2-11)24(26)27/h1-9H,10H2,(H,21,25). The number of carbonyl (C=O) groups is 1. The molecule has 1 N–H and O–H groups in total. The summed E-state index contributed by atoms with van der Waals surface area (Å²) in [5, 5.41) is 23.0. The summed E-state index contributed by atoms with van der Waals surface area (Å²) in [4.78, 5) is 22.3. The first-order valence-electron chi connectivity index (χ1n) is 7.88. The number of benzene rings is 2. The molecule has 0 radical (unpaired) electrons. The molecule has 2 aromatic carbocycles. The molecule has 3 aromatic rings. The highest BCUT2D eigenvalue weighted by atomic mass is 35.5. The summed E-state index contributed by atoms with van der Waals surface area (Å²) in [7, 11) is 0. The second kappa shape index (κ2) is 9.01. The zero-order chi connectivity index (χ0) is 20.1. The number of nitro groups is 1. The zero-order valence-corrected chi connectivity index (χ0v) is 16.5. The van der Waals surface area contributed by atoms with Crippen molar-refractivity contribution in [2.45, 2.75) is 5.03 Å². The van der Waals surface area contributed by atoms with E-state index in [9.17, 15) is 14.9 Å². The van der Waals surface area contributed by atoms with Crippen molar-refractivity contribution in [2.24, 2.45) is 0 Å². The Balaban J connectivity index is 1.58. The Labute approximate surface area is 174 Å². The van der Waals surface area contributed by atoms with Crippen LogP contribution in [0.15, 0.2) is 59.6 Å². The van der Waals surface area contributed by atoms with Crippen LogP contribution in [0, 0.1) is 10.1 Å². The first-order valence-corrected chi connectivity index (χ1v) is 9.62. The Bertz CT molecular complexity index is 994. The number of nitrogens with zero attached hydrogens (tertiary/aromatic N) is 3. The number of thioether (sulfide) groups is 1. The molecule has 1 amide bonds. The largest absolute Gasteiger partial charge is 0.325 e. The molecule has 0 aliphatic heterocycles. The number of halogens is 2. The SMILES string of the molecule is O=C(CSc1ccc(-c2ccc([N+](=O)[O-])cc2)nn1)Nc1cc(Cl)cc(Cl)c1. The van der Waals surface area contributed by atoms with E-state index in [4.69, 9.17) is 23.2 Å². The van der Waals surface area contributed by atoms with Crippen LogP contribution in [0.4, 0.5) is 11.4 Å². The lowest BCUT2D eigenvalue weighted by Gasteiger charge is -2.06. The van der Waals surface area contributed by atoms with Gasteiger partial charge in [-0.05, 0) is 42.5 Å². The van der Waals surface area contributed by atoms with Crippen LogP contribution in [0.3, 0.4) is 0 Å². The van der Waals surface area contributed by atoms with Crippen LogP contribution in [-0.4, -0.2) is 26.8 Å². The van der Waals surface area contributed by atoms with Crippen LogP contribution in [0.2, 0.25) is 10.0 Å². The minimum absolute atomic E-state index is 0.0101. The van der Waals surface area contributed by atoms with Crippen molar-refractivity contribution in [3.8, 4) is 11.3 Å². The Morgan fingerprint density at radius 3 is 2.29 bits per heavy atom. The van der Waals surface area contributed by atoms with E-state index in [-0.39, 0.29) is 17.3 Å². The average Bonchev–Trinajstić information content (AvgIpc) is 2.66. The minimum Gasteiger partial charge on any atom is -0.325 e. The molecule has 0 aliphatic rings. The van der Waals surface area contributed by atoms with E-state index >= 15 is 0 Å². The summed E-state index contributed by atoms with van der Waals surface area (Å²) < 4.78 is 0. The van der Waals surface area contributed by atoms with E-state index in [0.717, 1.165) is 0 Å². The molecule has 1 heterocycles. The summed E-state index contributed by atoms with van der Waals surface area (Å²) in [6.07, 6.45) is 0. The van der Waals surface area contributed by atoms with Crippen molar-refractivity contribution in [3.05, 3.63) is 74.8 Å². The van der Waals surface area contributed by atoms with Gasteiger partial charge in [0.05, 0.1) is 16.4 Å². The van der Waals surface area contributed by atoms with Gasteiger partial charge in [0.15, 0.2) is 0 Å². The Hall–Kier alpha value is -2.68. The van der Waals surface area contributed by atoms with E-state index in [0.29, 0.717) is 32.0 Å². The monoisotopic (exact) mass is 434 g/mol. The van der Waals surface area contributed by atoms with Crippen LogP contribution >= 0.6 is 35.0 Å². The summed E-state index contributed by atoms with van der Waals surface area (Å²) in [5.41, 5.74) is 1.82. The van der Waals surface area contributed by atoms with Gasteiger partial charge in [0.25, 0.3) is 5.69 Å². The smallest absolute Gasteiger partial charge is 0.269 e. The number of hydrogen-bond acceptors (Lipinski definition) is 6. The van der Waals surface area contributed by atoms with Gasteiger partial charge in [-0.3, -0.25) is 14.9 Å². The van der Waals surface area contributed by atoms with E-state index < -0.39 is 4.92 Å². The average molecular weight is 435 g/mol. The molecule has 10 heteroatoms. The Morgan fingerprint density at radius 1 is 1.04 bits per heavy atom. The van der Waals surface area contributed by atoms with Crippen molar-refractivity contribution in [1.29, 1.82) is 0 Å². The molecule has 0 bridgehead atoms. The van der Waals surface area contributed by atoms with Crippen LogP contribution in [-0.2, 0) is 4.79 Å². The molecule has 3 rings (SSSR count). The van der Waals surface area contributed by atoms with E-state index in [1.165, 1.54) is 23.9 Å². The van der Waals surface area contributed by atoms with Crippen molar-refractivity contribution >= 4 is 52.2 Å². The quantitative estimate of drug-likeness (QED) is 0.329. The molecular formula is C18H12Cl2N4O3S. The van der Waals surface area contributed by atoms with Crippen LogP contribution in [0.5, 0.6) is 0 Å². The van der Waals surface area contributed by atoms with Crippen LogP contribution in [0.1, 0.15) is 0 Å². The highest BCUT2D eigenvalue weighted by Gasteiger charge is 2.09. The molecule has 142 valence electrons. The fraction of sp³-hybridized carbons (Fsp3) is 0.0556. The number of nitro benzene ring substituents is 1. The second-order valence-electron chi connectivity index (χ2n) is 5.56. The first kappa shape index (κ1) is 20.1. The molecule has 0 unspecified atom stereocenters. The molecule has 7 nitrogen and oxygen atoms in total. The predicted molar refractivity (Wildman–Crippen MR) is 110 cm³/mol. The Morgan fingerprint density at radius 2 is 1.71 bits per heavy atom. The van der Waals surface area contributed by atoms with Crippen LogP contribution < -0.4 is 5.32 Å². The lowest BCUT2D eigenvalue weighted by atomic mass is 10.1. The number of carbonyl (C=O) groups excluding carboxylic acids is 1. The fourth-order valence-corrected chi connectivity index (χ4v) is 3.41. The minimum atomic E-state index is -0.461. The van der Waals surface area contributed by atoms with Gasteiger partial charge in [-0.1, -0.05) is 35.0 Å². The van der Waals surface area contributed by atoms with Gasteiger partial charge in [0, 0.05) is 33.4 Å². The molecule has 1 aromatic heterocycles. The molecule has 28 heavy (non-hydrogen) atoms. The number of aromatic nitrogens is 2. The fourth-order valence-electron chi connectivity index (χ4n) is 2.27. The Kier molecular flexibility index (Phi) is 6.45. The van der Waals surface area contributed by atoms with Gasteiger partial charge in [0.1, 0.15) is 5.03 Å². The molecule has 0 fully saturated rings. The maximum Gasteiger partial charge on any atom is 0.269 e. The molecule has 0 atom stereocenters. The van der Waals surface area contributed by atoms with Crippen LogP contribution in [0.25, 0.3) is 11.3 Å². The third-order valence-corrected chi connectivity index (χ3v) is 4.87. The third kappa shape index (κ3) is 5.41. The van der Waals surface area contributed by atoms with Crippen molar-refractivity contribution in [1.82, 2.24) is 10.2 Å². The lowest BCUT2D eigenvalue weighted by Crippen LogP contribution is -2.14. The zero-order valence-electron chi connectivity index (χ0n) is 14.1. The van der Waals surface area contributed by atoms with Gasteiger partial charge in [0.2, 0.25) is 5.91 Å². The predicted octanol–water partition coefficient (Wildman–Crippen LogP) is 5.09. The third-order valence-electron chi connectivity index (χ3n) is 3.51. The van der Waals surface area contributed by atoms with Gasteiger partial charge < -0.3 is 5.32 Å². The number of non-ortho nitro benzene ring substituents is 1. The van der Waals surface area contributed by atoms with Gasteiger partial charge in [-0.2, -0.15) is 0 Å². The summed E-state index contributed by atoms with van der Waals surface area (Å²) in [6.45, 7) is 0. The number of anilines is 1. The summed E-state index contributed by atoms with van der Waals surface area (Å²) >= 11 is 13.0. The molecule has 0 spiro atoms. The maximum atomic E-state index is 12.1. The van der Waals surface area contributed by atoms with Gasteiger partial charge in [-0.15, -0.1) is 10.2 Å². The number of amides is 1. The van der Waals surface area contributed by atoms with E-state index in [1.54, 1.807) is 42.5 Å². The summed E-state index contributed by atoms with van der Waals surface area (Å²) in [5.74, 6) is -0.0973. The maximum absolute atomic E-state index is 12.1. The molecule has 0 saturated heterocycles. The van der Waals surface area contributed by atoms with Crippen molar-refractivity contribution < 1.29 is 9.72 Å². The summed E-state index contributed by atoms with van der Waals surface area (Å²) in [6, 6.07) is 14.3. The van der Waals surface area contributed by atoms with Crippen molar-refractivity contribution in [2.75, 3.05) is 11.1 Å². The van der Waals surface area contributed by atoms with E-state index in [2.05, 4.69) is 15.5 Å². The van der Waals surface area contributed by atoms with E-state index in [1.807, 2.05) is 0 Å². The van der Waals surface area contributed by atoms with Gasteiger partial charge in [-0.25, -0.2) is 0 Å². The second-order valence-corrected chi connectivity index (χ2v) is 7.42. The topological polar surface area (TPSA) is 98.0 Å². The van der Waals surface area contributed by atoms with Crippen molar-refractivity contribution in [3.63, 3.8) is 0 Å². The number of nitrogens with one attached hydrogen (secondary N) is 1. The highest BCUT2D eigenvalue weighted by Crippen LogP contribution is 2.24. The highest BCUT2D eigenvalue weighted by molar-refractivity contribution is 7.99. The normalized spacial score (nSPS) is 10.5. The number of hydrogen-bond donors (Lipinski definition) is 1. The molecular weight excluding hydrogens is 423 g/mol. The molecule has 0 aliphatic carbocycles. The first-order chi connectivity index (χ1) is 13.4. The van der Waals surface area contributed by atoms with Gasteiger partial charge >= 0.3 is 0 Å². The molecule has 0 saturated carbocycles. The lowest BCUT2D eigenvalue weighted by molar-refractivity contribution is -0.384. The number of rotatable bonds is 6.